The Morgan fingerprint density at radius 1 is 0.492 bits per heavy atom. The first-order valence-corrected chi connectivity index (χ1v) is 45.4. The minimum Gasteiger partial charge on any atom is -0.493 e. The second-order valence-corrected chi connectivity index (χ2v) is 34.6. The number of alkyl carbamates (subject to hydrolysis) is 2. The molecule has 706 valence electrons. The molecule has 6 aromatic heterocycles. The summed E-state index contributed by atoms with van der Waals surface area (Å²) in [6.45, 7) is 39.2. The Bertz CT molecular complexity index is 4870. The van der Waals surface area contributed by atoms with Crippen molar-refractivity contribution in [3.63, 3.8) is 0 Å². The van der Waals surface area contributed by atoms with E-state index in [2.05, 4.69) is 65.1 Å². The van der Waals surface area contributed by atoms with Crippen molar-refractivity contribution in [1.82, 2.24) is 74.5 Å². The molecule has 0 radical (unpaired) electrons. The molecule has 4 saturated heterocycles. The number of aliphatic hydroxyl groups is 1. The summed E-state index contributed by atoms with van der Waals surface area (Å²) in [5.74, 6) is 1.68. The number of hydrogen-bond acceptors (Lipinski definition) is 27. The van der Waals surface area contributed by atoms with Gasteiger partial charge >= 0.3 is 24.2 Å². The van der Waals surface area contributed by atoms with Crippen LogP contribution in [0.3, 0.4) is 0 Å². The lowest BCUT2D eigenvalue weighted by molar-refractivity contribution is -0.154. The second kappa shape index (κ2) is 55.2. The Morgan fingerprint density at radius 2 is 0.946 bits per heavy atom. The summed E-state index contributed by atoms with van der Waals surface area (Å²) in [4.78, 5) is 89.6. The number of carbonyl (C=O) groups is 5. The molecule has 4 aliphatic rings. The molecular weight excluding hydrogens is 1660 g/mol. The highest BCUT2D eigenvalue weighted by Gasteiger charge is 2.28. The van der Waals surface area contributed by atoms with Crippen LogP contribution < -0.4 is 31.7 Å². The lowest BCUT2D eigenvalue weighted by atomic mass is 10.1. The maximum absolute atomic E-state index is 14.2. The van der Waals surface area contributed by atoms with Crippen molar-refractivity contribution in [3.8, 4) is 34.3 Å². The van der Waals surface area contributed by atoms with Crippen LogP contribution in [0.4, 0.5) is 14.4 Å². The van der Waals surface area contributed by atoms with E-state index in [1.807, 2.05) is 200 Å². The first-order chi connectivity index (χ1) is 62.8. The van der Waals surface area contributed by atoms with E-state index >= 15 is 0 Å². The largest absolute Gasteiger partial charge is 0.493 e. The highest BCUT2D eigenvalue weighted by molar-refractivity contribution is 5.73. The predicted octanol–water partition coefficient (Wildman–Crippen LogP) is 11.8. The van der Waals surface area contributed by atoms with Gasteiger partial charge in [0.15, 0.2) is 11.3 Å². The smallest absolute Gasteiger partial charge is 0.416 e. The zero-order valence-electron chi connectivity index (χ0n) is 77.5. The summed E-state index contributed by atoms with van der Waals surface area (Å²) < 4.78 is 52.4. The molecule has 0 atom stereocenters. The number of nitrogens with two attached hydrogens (primary N) is 1. The number of rotatable bonds is 33. The molecular formula is C98H138N16O16. The van der Waals surface area contributed by atoms with Gasteiger partial charge in [-0.05, 0) is 124 Å². The van der Waals surface area contributed by atoms with E-state index in [-0.39, 0.29) is 36.6 Å². The van der Waals surface area contributed by atoms with Crippen LogP contribution >= 0.6 is 0 Å². The number of imidazole rings is 2. The number of aliphatic hydroxyl groups excluding tert-OH is 1. The van der Waals surface area contributed by atoms with Crippen LogP contribution in [0.2, 0.25) is 0 Å². The average molecular weight is 1800 g/mol. The predicted molar refractivity (Wildman–Crippen MR) is 501 cm³/mol. The van der Waals surface area contributed by atoms with Crippen LogP contribution in [-0.4, -0.2) is 294 Å². The van der Waals surface area contributed by atoms with Gasteiger partial charge in [0.2, 0.25) is 11.8 Å². The Balaban J connectivity index is 0.000000201. The fourth-order valence-electron chi connectivity index (χ4n) is 14.1. The van der Waals surface area contributed by atoms with Crippen molar-refractivity contribution in [2.45, 2.75) is 137 Å². The van der Waals surface area contributed by atoms with Crippen LogP contribution in [0.25, 0.3) is 33.8 Å². The Labute approximate surface area is 765 Å². The molecule has 8 N–H and O–H groups in total. The highest BCUT2D eigenvalue weighted by Crippen LogP contribution is 2.32. The molecule has 32 nitrogen and oxygen atoms in total. The van der Waals surface area contributed by atoms with E-state index in [0.29, 0.717) is 119 Å². The molecule has 4 fully saturated rings. The quantitative estimate of drug-likeness (QED) is 0.00869. The third-order valence-corrected chi connectivity index (χ3v) is 20.5. The van der Waals surface area contributed by atoms with Gasteiger partial charge in [-0.15, -0.1) is 0 Å². The van der Waals surface area contributed by atoms with Crippen molar-refractivity contribution in [2.24, 2.45) is 5.73 Å². The molecule has 3 amide bonds. The number of furan rings is 2. The van der Waals surface area contributed by atoms with Gasteiger partial charge in [-0.2, -0.15) is 0 Å². The first kappa shape index (κ1) is 103. The minimum atomic E-state index is -0.638. The molecule has 0 unspecified atom stereocenters. The third-order valence-electron chi connectivity index (χ3n) is 20.5. The molecule has 10 aromatic rings. The number of piperazine rings is 1. The number of nitrogens with zero attached hydrogens (tertiary/aromatic N) is 11. The van der Waals surface area contributed by atoms with E-state index < -0.39 is 23.4 Å². The van der Waals surface area contributed by atoms with E-state index in [0.717, 1.165) is 201 Å². The molecule has 4 aromatic carbocycles. The van der Waals surface area contributed by atoms with Crippen LogP contribution in [0.5, 0.6) is 11.8 Å². The van der Waals surface area contributed by atoms with E-state index in [9.17, 15) is 29.1 Å². The summed E-state index contributed by atoms with van der Waals surface area (Å²) in [5, 5.41) is 31.6. The topological polar surface area (TPSA) is 367 Å². The number of fused-ring (bicyclic) bond motifs is 2. The number of aromatic nitrogens is 6. The normalized spacial score (nSPS) is 14.5. The fraction of sp³-hybridized carbons (Fsp3) is 0.500. The van der Waals surface area contributed by atoms with Crippen LogP contribution in [0, 0.1) is 0 Å². The number of aromatic hydroxyl groups is 1. The standard InChI is InChI=1S/C39H46N6O6.C24H19N3O2.C13H28N4O2.C8H17NO2.C7H15NO2.C7H13NO2/c1-39(2,3)51-37(46)40-17-20-44(19-11-18-43-21-24-48-25-22-43)38(47)50-36-33(27-31-16-10-23-49-31)42-35-32(26-29-12-6-4-7-13-29)41-34(28-45(35)36)30-14-8-5-9-15-30;28-24-21(15-19-12-7-13-29-19)26-23-20(14-17-8-3-1-4-9-17)25-22(16-27(23)24)18-10-5-2-6-11-18;1-13(2,3)19-12(18)16-5-4-14-6-9-17-10-7-15-8-11-17;1-8(2,3)11-7(10)5-4-6-9;2*9-5-1-2-8-3-6-10-7-4-8/h4-10,12-16,23,28H,11,17-22,24-27H2,1-3H3,(H,40,46);1-13,16,28H,14-15H2;14-15H,4-11H2,1-3H3,(H,16,18);4-6,9H2,1-3H3;9H,1-7H2;5H,1-4,6-7H2. The Morgan fingerprint density at radius 3 is 1.42 bits per heavy atom. The summed E-state index contributed by atoms with van der Waals surface area (Å²) in [7, 11) is 0. The summed E-state index contributed by atoms with van der Waals surface area (Å²) in [5.41, 5.74) is 13.4. The number of aldehydes is 1. The van der Waals surface area contributed by atoms with Crippen molar-refractivity contribution >= 4 is 41.8 Å². The van der Waals surface area contributed by atoms with E-state index in [1.165, 1.54) is 0 Å². The van der Waals surface area contributed by atoms with Crippen LogP contribution in [0.1, 0.15) is 140 Å². The van der Waals surface area contributed by atoms with Crippen molar-refractivity contribution in [3.05, 3.63) is 216 Å². The van der Waals surface area contributed by atoms with Gasteiger partial charge in [-0.25, -0.2) is 34.3 Å². The number of nitrogens with one attached hydrogen (secondary N) is 4. The SMILES string of the molecule is CC(C)(C)OC(=O)CCCN.CC(C)(C)OC(=O)NCCN(CCCN1CCOCC1)C(=O)Oc1c(Cc2ccco2)nc2c(Cc3ccccc3)nc(-c3ccccc3)cn12.CC(C)(C)OC(=O)NCCNCCN1CCNCC1.O=CCCN1CCOCC1.OCCCN1CCOCC1.Oc1c(Cc2ccco2)nc2c(Cc3ccccc3)nc(-c3ccccc3)cn12. The minimum absolute atomic E-state index is 0.116. The first-order valence-electron chi connectivity index (χ1n) is 45.4. The van der Waals surface area contributed by atoms with Crippen LogP contribution in [-0.2, 0) is 63.7 Å². The number of esters is 1. The van der Waals surface area contributed by atoms with Gasteiger partial charge in [-0.3, -0.25) is 33.2 Å². The molecule has 4 aliphatic heterocycles. The Kier molecular flexibility index (Phi) is 43.6. The number of benzene rings is 4. The van der Waals surface area contributed by atoms with Gasteiger partial charge in [-0.1, -0.05) is 121 Å². The maximum atomic E-state index is 14.2. The number of hydrogen-bond donors (Lipinski definition) is 7. The molecule has 0 saturated carbocycles. The highest BCUT2D eigenvalue weighted by atomic mass is 16.6. The van der Waals surface area contributed by atoms with Crippen LogP contribution in [0.15, 0.2) is 179 Å². The monoisotopic (exact) mass is 1800 g/mol. The average Bonchev–Trinajstić information content (AvgIpc) is 1.62. The zero-order chi connectivity index (χ0) is 92.8. The molecule has 32 heteroatoms. The summed E-state index contributed by atoms with van der Waals surface area (Å²) in [6.07, 6.45) is 11.7. The molecule has 0 spiro atoms. The van der Waals surface area contributed by atoms with Gasteiger partial charge < -0.3 is 88.9 Å². The van der Waals surface area contributed by atoms with E-state index in [4.69, 9.17) is 72.8 Å². The second-order valence-electron chi connectivity index (χ2n) is 34.6. The summed E-state index contributed by atoms with van der Waals surface area (Å²) in [6, 6.07) is 47.5. The molecule has 0 bridgehead atoms. The maximum Gasteiger partial charge on any atom is 0.416 e. The lowest BCUT2D eigenvalue weighted by Crippen LogP contribution is -2.46. The molecule has 0 aliphatic carbocycles. The van der Waals surface area contributed by atoms with Crippen molar-refractivity contribution in [2.75, 3.05) is 184 Å². The number of morpholine rings is 3. The fourth-order valence-corrected chi connectivity index (χ4v) is 14.1. The van der Waals surface area contributed by atoms with Gasteiger partial charge in [0.1, 0.15) is 46.0 Å². The van der Waals surface area contributed by atoms with Gasteiger partial charge in [0.05, 0.1) is 87.8 Å². The molecule has 130 heavy (non-hydrogen) atoms. The molecule has 14 rings (SSSR count). The van der Waals surface area contributed by atoms with E-state index in [1.54, 1.807) is 21.8 Å². The number of amides is 3. The molecule has 10 heterocycles. The van der Waals surface area contributed by atoms with Gasteiger partial charge in [0, 0.05) is 187 Å². The Hall–Kier alpha value is -11.0. The number of ether oxygens (including phenoxy) is 7. The number of carbonyl (C=O) groups excluding carboxylic acids is 5. The summed E-state index contributed by atoms with van der Waals surface area (Å²) >= 11 is 0. The third kappa shape index (κ3) is 38.2. The lowest BCUT2D eigenvalue weighted by Gasteiger charge is -2.28. The van der Waals surface area contributed by atoms with Crippen molar-refractivity contribution < 1.29 is 76.2 Å². The van der Waals surface area contributed by atoms with Gasteiger partial charge in [0.25, 0.3) is 0 Å². The van der Waals surface area contributed by atoms with Crippen molar-refractivity contribution in [1.29, 1.82) is 0 Å². The zero-order valence-corrected chi connectivity index (χ0v) is 77.5.